The predicted molar refractivity (Wildman–Crippen MR) is 62.5 cm³/mol. The highest BCUT2D eigenvalue weighted by molar-refractivity contribution is 5.87. The number of allylic oxidation sites excluding steroid dienone is 2. The minimum absolute atomic E-state index is 0.0739. The molecule has 15 heavy (non-hydrogen) atoms. The molecular formula is C13H17NO. The average molecular weight is 203 g/mol. The highest BCUT2D eigenvalue weighted by Gasteiger charge is 1.96. The molecule has 0 unspecified atom stereocenters. The summed E-state index contributed by atoms with van der Waals surface area (Å²) in [5.41, 5.74) is 3.43. The maximum atomic E-state index is 10.8. The van der Waals surface area contributed by atoms with Gasteiger partial charge in [-0.25, -0.2) is 0 Å². The Balaban J connectivity index is 2.58. The first-order valence-corrected chi connectivity index (χ1v) is 5.07. The van der Waals surface area contributed by atoms with Gasteiger partial charge < -0.3 is 5.32 Å². The molecule has 0 heterocycles. The molecule has 1 rings (SSSR count). The van der Waals surface area contributed by atoms with Crippen LogP contribution in [0.3, 0.4) is 0 Å². The lowest BCUT2D eigenvalue weighted by Gasteiger charge is -2.08. The Labute approximate surface area is 91.0 Å². The monoisotopic (exact) mass is 203 g/mol. The van der Waals surface area contributed by atoms with Crippen molar-refractivity contribution in [2.75, 3.05) is 0 Å². The summed E-state index contributed by atoms with van der Waals surface area (Å²) in [5.74, 6) is 0.0739. The first kappa shape index (κ1) is 11.5. The molecule has 0 saturated carbocycles. The first-order chi connectivity index (χ1) is 7.09. The van der Waals surface area contributed by atoms with Crippen LogP contribution < -0.4 is 5.32 Å². The molecule has 0 fully saturated rings. The summed E-state index contributed by atoms with van der Waals surface area (Å²) in [6.07, 6.45) is 1.61. The fourth-order valence-corrected chi connectivity index (χ4v) is 1.40. The molecule has 0 bridgehead atoms. The topological polar surface area (TPSA) is 29.1 Å². The van der Waals surface area contributed by atoms with Crippen LogP contribution in [0.4, 0.5) is 0 Å². The van der Waals surface area contributed by atoms with Gasteiger partial charge in [-0.15, -0.1) is 0 Å². The Morgan fingerprint density at radius 1 is 1.33 bits per heavy atom. The second-order valence-electron chi connectivity index (χ2n) is 3.72. The average Bonchev–Trinajstić information content (AvgIpc) is 2.15. The van der Waals surface area contributed by atoms with E-state index in [4.69, 9.17) is 0 Å². The largest absolute Gasteiger partial charge is 0.384 e. The molecule has 0 aliphatic heterocycles. The van der Waals surface area contributed by atoms with Crippen molar-refractivity contribution in [3.8, 4) is 0 Å². The highest BCUT2D eigenvalue weighted by atomic mass is 16.1. The number of carbonyl (C=O) groups is 1. The van der Waals surface area contributed by atoms with Crippen molar-refractivity contribution in [2.24, 2.45) is 0 Å². The van der Waals surface area contributed by atoms with Crippen LogP contribution in [0.5, 0.6) is 0 Å². The van der Waals surface area contributed by atoms with Crippen molar-refractivity contribution in [1.29, 1.82) is 0 Å². The summed E-state index contributed by atoms with van der Waals surface area (Å²) in [6, 6.07) is 8.22. The SMILES string of the molecule is CC(=O)/C=C(\C)NCc1ccccc1C. The molecule has 0 atom stereocenters. The highest BCUT2D eigenvalue weighted by Crippen LogP contribution is 2.06. The quantitative estimate of drug-likeness (QED) is 0.762. The molecule has 0 saturated heterocycles. The van der Waals surface area contributed by atoms with Gasteiger partial charge in [0.1, 0.15) is 0 Å². The van der Waals surface area contributed by atoms with Crippen LogP contribution in [0, 0.1) is 6.92 Å². The molecule has 2 nitrogen and oxygen atoms in total. The van der Waals surface area contributed by atoms with Gasteiger partial charge in [0.25, 0.3) is 0 Å². The zero-order valence-corrected chi connectivity index (χ0v) is 9.50. The molecule has 0 aliphatic rings. The lowest BCUT2D eigenvalue weighted by molar-refractivity contribution is -0.112. The molecule has 0 aromatic heterocycles. The summed E-state index contributed by atoms with van der Waals surface area (Å²) in [7, 11) is 0. The number of benzene rings is 1. The molecule has 1 aromatic carbocycles. The molecule has 0 spiro atoms. The number of hydrogen-bond donors (Lipinski definition) is 1. The Hall–Kier alpha value is -1.57. The maximum absolute atomic E-state index is 10.8. The lowest BCUT2D eigenvalue weighted by atomic mass is 10.1. The molecule has 0 radical (unpaired) electrons. The third kappa shape index (κ3) is 3.98. The third-order valence-electron chi connectivity index (χ3n) is 2.24. The Morgan fingerprint density at radius 3 is 2.60 bits per heavy atom. The van der Waals surface area contributed by atoms with Crippen LogP contribution in [0.15, 0.2) is 36.0 Å². The molecule has 1 aromatic rings. The number of hydrogen-bond acceptors (Lipinski definition) is 2. The van der Waals surface area contributed by atoms with Gasteiger partial charge in [-0.1, -0.05) is 24.3 Å². The van der Waals surface area contributed by atoms with Gasteiger partial charge in [0.05, 0.1) is 0 Å². The van der Waals surface area contributed by atoms with Crippen LogP contribution in [0.2, 0.25) is 0 Å². The summed E-state index contributed by atoms with van der Waals surface area (Å²) in [6.45, 7) is 6.31. The van der Waals surface area contributed by atoms with Crippen molar-refractivity contribution in [1.82, 2.24) is 5.32 Å². The van der Waals surface area contributed by atoms with Gasteiger partial charge in [-0.05, 0) is 38.0 Å². The minimum atomic E-state index is 0.0739. The Morgan fingerprint density at radius 2 is 2.00 bits per heavy atom. The second-order valence-corrected chi connectivity index (χ2v) is 3.72. The third-order valence-corrected chi connectivity index (χ3v) is 2.24. The zero-order valence-electron chi connectivity index (χ0n) is 9.50. The van der Waals surface area contributed by atoms with E-state index in [-0.39, 0.29) is 5.78 Å². The molecule has 2 heteroatoms. The maximum Gasteiger partial charge on any atom is 0.154 e. The van der Waals surface area contributed by atoms with Crippen LogP contribution in [0.25, 0.3) is 0 Å². The van der Waals surface area contributed by atoms with Crippen molar-refractivity contribution >= 4 is 5.78 Å². The van der Waals surface area contributed by atoms with E-state index in [1.165, 1.54) is 11.1 Å². The Bertz CT molecular complexity index is 380. The fourth-order valence-electron chi connectivity index (χ4n) is 1.40. The van der Waals surface area contributed by atoms with Crippen LogP contribution in [-0.4, -0.2) is 5.78 Å². The van der Waals surface area contributed by atoms with Crippen molar-refractivity contribution in [3.63, 3.8) is 0 Å². The smallest absolute Gasteiger partial charge is 0.154 e. The van der Waals surface area contributed by atoms with Gasteiger partial charge >= 0.3 is 0 Å². The normalized spacial score (nSPS) is 11.3. The van der Waals surface area contributed by atoms with E-state index in [1.807, 2.05) is 19.1 Å². The van der Waals surface area contributed by atoms with Crippen molar-refractivity contribution in [2.45, 2.75) is 27.3 Å². The number of nitrogens with one attached hydrogen (secondary N) is 1. The number of ketones is 1. The predicted octanol–water partition coefficient (Wildman–Crippen LogP) is 2.58. The molecule has 0 amide bonds. The standard InChI is InChI=1S/C13H17NO/c1-10-6-4-5-7-13(10)9-14-11(2)8-12(3)15/h4-8,14H,9H2,1-3H3/b11-8+. The van der Waals surface area contributed by atoms with E-state index in [0.29, 0.717) is 0 Å². The van der Waals surface area contributed by atoms with Gasteiger partial charge in [0, 0.05) is 12.2 Å². The number of carbonyl (C=O) groups excluding carboxylic acids is 1. The molecular weight excluding hydrogens is 186 g/mol. The summed E-state index contributed by atoms with van der Waals surface area (Å²) in [5, 5.41) is 3.21. The molecule has 80 valence electrons. The van der Waals surface area contributed by atoms with E-state index in [2.05, 4.69) is 24.4 Å². The summed E-state index contributed by atoms with van der Waals surface area (Å²) >= 11 is 0. The summed E-state index contributed by atoms with van der Waals surface area (Å²) in [4.78, 5) is 10.8. The van der Waals surface area contributed by atoms with E-state index < -0.39 is 0 Å². The fraction of sp³-hybridized carbons (Fsp3) is 0.308. The van der Waals surface area contributed by atoms with E-state index in [0.717, 1.165) is 12.2 Å². The van der Waals surface area contributed by atoms with Crippen LogP contribution in [-0.2, 0) is 11.3 Å². The first-order valence-electron chi connectivity index (χ1n) is 5.07. The van der Waals surface area contributed by atoms with Gasteiger partial charge in [0.2, 0.25) is 0 Å². The van der Waals surface area contributed by atoms with Crippen molar-refractivity contribution < 1.29 is 4.79 Å². The lowest BCUT2D eigenvalue weighted by Crippen LogP contribution is -2.12. The Kier molecular flexibility index (Phi) is 4.10. The van der Waals surface area contributed by atoms with E-state index in [9.17, 15) is 4.79 Å². The zero-order chi connectivity index (χ0) is 11.3. The number of rotatable bonds is 4. The molecule has 1 N–H and O–H groups in total. The second kappa shape index (κ2) is 5.35. The van der Waals surface area contributed by atoms with Crippen LogP contribution >= 0.6 is 0 Å². The van der Waals surface area contributed by atoms with E-state index >= 15 is 0 Å². The van der Waals surface area contributed by atoms with Crippen LogP contribution in [0.1, 0.15) is 25.0 Å². The summed E-state index contributed by atoms with van der Waals surface area (Å²) < 4.78 is 0. The number of aryl methyl sites for hydroxylation is 1. The molecule has 0 aliphatic carbocycles. The van der Waals surface area contributed by atoms with Gasteiger partial charge in [-0.3, -0.25) is 4.79 Å². The van der Waals surface area contributed by atoms with Gasteiger partial charge in [-0.2, -0.15) is 0 Å². The van der Waals surface area contributed by atoms with E-state index in [1.54, 1.807) is 13.0 Å². The minimum Gasteiger partial charge on any atom is -0.384 e. The van der Waals surface area contributed by atoms with Gasteiger partial charge in [0.15, 0.2) is 5.78 Å². The van der Waals surface area contributed by atoms with Crippen molar-refractivity contribution in [3.05, 3.63) is 47.2 Å².